The average Bonchev–Trinajstić information content (AvgIpc) is 3.16. The first-order valence-corrected chi connectivity index (χ1v) is 11.2. The number of benzene rings is 2. The molecule has 0 atom stereocenters. The minimum Gasteiger partial charge on any atom is -0.357 e. The Morgan fingerprint density at radius 1 is 0.939 bits per heavy atom. The summed E-state index contributed by atoms with van der Waals surface area (Å²) < 4.78 is 43.8. The summed E-state index contributed by atoms with van der Waals surface area (Å²) in [5.41, 5.74) is 1.89. The fourth-order valence-corrected chi connectivity index (χ4v) is 4.72. The SMILES string of the molecule is Cc1nn(-c2ccccc2)c2nc(N3CCC(Cc4ccccc4)CC3)cc(C(F)(F)F)c12. The standard InChI is InChI=1S/C26H25F3N4/c1-18-24-22(26(27,28)29)17-23(30-25(24)33(31-18)21-10-6-3-7-11-21)32-14-12-20(13-15-32)16-19-8-4-2-5-9-19/h2-11,17,20H,12-16H2,1H3. The Labute approximate surface area is 190 Å². The highest BCUT2D eigenvalue weighted by atomic mass is 19.4. The van der Waals surface area contributed by atoms with E-state index in [1.165, 1.54) is 16.3 Å². The number of hydrogen-bond donors (Lipinski definition) is 0. The predicted molar refractivity (Wildman–Crippen MR) is 124 cm³/mol. The van der Waals surface area contributed by atoms with Crippen LogP contribution in [0.5, 0.6) is 0 Å². The smallest absolute Gasteiger partial charge is 0.357 e. The Bertz CT molecular complexity index is 1240. The van der Waals surface area contributed by atoms with Crippen LogP contribution in [0.15, 0.2) is 66.7 Å². The lowest BCUT2D eigenvalue weighted by Gasteiger charge is -2.33. The third kappa shape index (κ3) is 4.32. The van der Waals surface area contributed by atoms with Crippen LogP contribution in [0.25, 0.3) is 16.7 Å². The summed E-state index contributed by atoms with van der Waals surface area (Å²) in [7, 11) is 0. The highest BCUT2D eigenvalue weighted by molar-refractivity contribution is 5.86. The van der Waals surface area contributed by atoms with Gasteiger partial charge in [-0.3, -0.25) is 0 Å². The van der Waals surface area contributed by atoms with E-state index in [0.29, 0.717) is 36.2 Å². The number of aromatic nitrogens is 3. The number of alkyl halides is 3. The van der Waals surface area contributed by atoms with Crippen LogP contribution < -0.4 is 4.90 Å². The molecular weight excluding hydrogens is 425 g/mol. The molecule has 0 radical (unpaired) electrons. The van der Waals surface area contributed by atoms with Crippen LogP contribution in [-0.4, -0.2) is 27.9 Å². The van der Waals surface area contributed by atoms with Crippen LogP contribution in [0, 0.1) is 12.8 Å². The van der Waals surface area contributed by atoms with Crippen LogP contribution in [0.4, 0.5) is 19.0 Å². The maximum absolute atomic E-state index is 14.1. The molecule has 0 bridgehead atoms. The third-order valence-corrected chi connectivity index (χ3v) is 6.41. The van der Waals surface area contributed by atoms with Crippen molar-refractivity contribution in [1.29, 1.82) is 0 Å². The van der Waals surface area contributed by atoms with Gasteiger partial charge in [-0.2, -0.15) is 18.3 Å². The van der Waals surface area contributed by atoms with Gasteiger partial charge in [-0.25, -0.2) is 9.67 Å². The largest absolute Gasteiger partial charge is 0.417 e. The van der Waals surface area contributed by atoms with E-state index in [1.54, 1.807) is 6.92 Å². The molecular formula is C26H25F3N4. The lowest BCUT2D eigenvalue weighted by atomic mass is 9.90. The average molecular weight is 451 g/mol. The van der Waals surface area contributed by atoms with Crippen molar-refractivity contribution >= 4 is 16.9 Å². The molecule has 33 heavy (non-hydrogen) atoms. The van der Waals surface area contributed by atoms with Crippen molar-refractivity contribution < 1.29 is 13.2 Å². The lowest BCUT2D eigenvalue weighted by molar-refractivity contribution is -0.136. The van der Waals surface area contributed by atoms with Crippen LogP contribution in [0.3, 0.4) is 0 Å². The Kier molecular flexibility index (Phi) is 5.56. The first-order chi connectivity index (χ1) is 15.9. The highest BCUT2D eigenvalue weighted by Gasteiger charge is 2.36. The van der Waals surface area contributed by atoms with E-state index in [2.05, 4.69) is 17.2 Å². The topological polar surface area (TPSA) is 34.0 Å². The monoisotopic (exact) mass is 450 g/mol. The molecule has 0 amide bonds. The molecule has 0 N–H and O–H groups in total. The van der Waals surface area contributed by atoms with E-state index in [9.17, 15) is 13.2 Å². The molecule has 1 fully saturated rings. The Morgan fingerprint density at radius 3 is 2.21 bits per heavy atom. The second kappa shape index (κ2) is 8.54. The van der Waals surface area contributed by atoms with E-state index in [-0.39, 0.29) is 11.0 Å². The van der Waals surface area contributed by atoms with Crippen LogP contribution in [0.2, 0.25) is 0 Å². The Balaban J connectivity index is 1.49. The third-order valence-electron chi connectivity index (χ3n) is 6.41. The van der Waals surface area contributed by atoms with Crippen LogP contribution in [-0.2, 0) is 12.6 Å². The van der Waals surface area contributed by atoms with Gasteiger partial charge in [0.15, 0.2) is 5.65 Å². The lowest BCUT2D eigenvalue weighted by Crippen LogP contribution is -2.35. The van der Waals surface area contributed by atoms with Crippen molar-refractivity contribution in [2.75, 3.05) is 18.0 Å². The van der Waals surface area contributed by atoms with Crippen molar-refractivity contribution in [1.82, 2.24) is 14.8 Å². The molecule has 0 saturated carbocycles. The second-order valence-corrected chi connectivity index (χ2v) is 8.68. The second-order valence-electron chi connectivity index (χ2n) is 8.68. The molecule has 1 aliphatic rings. The van der Waals surface area contributed by atoms with Crippen molar-refractivity contribution in [2.45, 2.75) is 32.4 Å². The molecule has 2 aromatic heterocycles. The van der Waals surface area contributed by atoms with Crippen LogP contribution in [0.1, 0.15) is 29.7 Å². The molecule has 0 spiro atoms. The number of fused-ring (bicyclic) bond motifs is 1. The molecule has 7 heteroatoms. The molecule has 1 saturated heterocycles. The van der Waals surface area contributed by atoms with Crippen molar-refractivity contribution in [3.63, 3.8) is 0 Å². The number of aryl methyl sites for hydroxylation is 1. The van der Waals surface area contributed by atoms with Crippen molar-refractivity contribution in [3.05, 3.63) is 83.6 Å². The summed E-state index contributed by atoms with van der Waals surface area (Å²) in [5.74, 6) is 0.886. The fraction of sp³-hybridized carbons (Fsp3) is 0.308. The summed E-state index contributed by atoms with van der Waals surface area (Å²) in [4.78, 5) is 6.69. The van der Waals surface area contributed by atoms with Crippen molar-refractivity contribution in [3.8, 4) is 5.69 Å². The maximum Gasteiger partial charge on any atom is 0.417 e. The zero-order valence-corrected chi connectivity index (χ0v) is 18.4. The van der Waals surface area contributed by atoms with E-state index in [0.717, 1.165) is 19.3 Å². The summed E-state index contributed by atoms with van der Waals surface area (Å²) >= 11 is 0. The Morgan fingerprint density at radius 2 is 1.58 bits per heavy atom. The number of halogens is 3. The molecule has 0 unspecified atom stereocenters. The predicted octanol–water partition coefficient (Wildman–Crippen LogP) is 6.21. The number of anilines is 1. The number of hydrogen-bond acceptors (Lipinski definition) is 3. The molecule has 0 aliphatic carbocycles. The quantitative estimate of drug-likeness (QED) is 0.371. The first kappa shape index (κ1) is 21.5. The van der Waals surface area contributed by atoms with Gasteiger partial charge in [-0.05, 0) is 55.9 Å². The molecule has 5 rings (SSSR count). The summed E-state index contributed by atoms with van der Waals surface area (Å²) in [6.45, 7) is 2.98. The van der Waals surface area contributed by atoms with E-state index >= 15 is 0 Å². The van der Waals surface area contributed by atoms with Gasteiger partial charge in [0.2, 0.25) is 0 Å². The molecule has 2 aromatic carbocycles. The minimum atomic E-state index is -4.49. The molecule has 1 aliphatic heterocycles. The first-order valence-electron chi connectivity index (χ1n) is 11.2. The van der Waals surface area contributed by atoms with Crippen molar-refractivity contribution in [2.24, 2.45) is 5.92 Å². The van der Waals surface area contributed by atoms with E-state index < -0.39 is 11.7 Å². The van der Waals surface area contributed by atoms with Crippen LogP contribution >= 0.6 is 0 Å². The highest BCUT2D eigenvalue weighted by Crippen LogP contribution is 2.39. The zero-order valence-electron chi connectivity index (χ0n) is 18.4. The number of rotatable bonds is 4. The molecule has 170 valence electrons. The number of piperidine rings is 1. The van der Waals surface area contributed by atoms with Gasteiger partial charge >= 0.3 is 6.18 Å². The molecule has 4 nitrogen and oxygen atoms in total. The van der Waals surface area contributed by atoms with Gasteiger partial charge in [-0.1, -0.05) is 48.5 Å². The van der Waals surface area contributed by atoms with Gasteiger partial charge in [0.1, 0.15) is 5.82 Å². The van der Waals surface area contributed by atoms with Gasteiger partial charge in [-0.15, -0.1) is 0 Å². The normalized spacial score (nSPS) is 15.3. The summed E-state index contributed by atoms with van der Waals surface area (Å²) in [6.07, 6.45) is -1.65. The van der Waals surface area contributed by atoms with Gasteiger partial charge in [0, 0.05) is 13.1 Å². The number of nitrogens with zero attached hydrogens (tertiary/aromatic N) is 4. The maximum atomic E-state index is 14.1. The zero-order chi connectivity index (χ0) is 23.0. The summed E-state index contributed by atoms with van der Waals surface area (Å²) in [6, 6.07) is 20.7. The molecule has 4 aromatic rings. The number of pyridine rings is 1. The number of para-hydroxylation sites is 1. The fourth-order valence-electron chi connectivity index (χ4n) is 4.72. The Hall–Kier alpha value is -3.35. The summed E-state index contributed by atoms with van der Waals surface area (Å²) in [5, 5.41) is 4.48. The van der Waals surface area contributed by atoms with E-state index in [4.69, 9.17) is 4.98 Å². The van der Waals surface area contributed by atoms with E-state index in [1.807, 2.05) is 53.4 Å². The van der Waals surface area contributed by atoms with Gasteiger partial charge in [0.25, 0.3) is 0 Å². The molecule has 3 heterocycles. The minimum absolute atomic E-state index is 0.0640. The van der Waals surface area contributed by atoms with Gasteiger partial charge in [0.05, 0.1) is 22.3 Å². The van der Waals surface area contributed by atoms with Gasteiger partial charge < -0.3 is 4.90 Å².